The fourth-order valence-electron chi connectivity index (χ4n) is 2.16. The number of aromatic nitrogens is 2. The highest BCUT2D eigenvalue weighted by Crippen LogP contribution is 2.26. The summed E-state index contributed by atoms with van der Waals surface area (Å²) >= 11 is 6.03. The Bertz CT molecular complexity index is 715. The number of hydrogen-bond donors (Lipinski definition) is 2. The van der Waals surface area contributed by atoms with Crippen LogP contribution in [0.1, 0.15) is 11.1 Å². The zero-order valence-corrected chi connectivity index (χ0v) is 11.5. The largest absolute Gasteiger partial charge is 0.399 e. The van der Waals surface area contributed by atoms with E-state index in [-0.39, 0.29) is 0 Å². The van der Waals surface area contributed by atoms with Crippen molar-refractivity contribution in [1.29, 1.82) is 0 Å². The van der Waals surface area contributed by atoms with Gasteiger partial charge in [-0.05, 0) is 55.3 Å². The Labute approximate surface area is 116 Å². The van der Waals surface area contributed by atoms with Crippen LogP contribution >= 0.6 is 11.6 Å². The van der Waals surface area contributed by atoms with E-state index >= 15 is 0 Å². The zero-order chi connectivity index (χ0) is 13.6. The van der Waals surface area contributed by atoms with Crippen LogP contribution in [0.3, 0.4) is 0 Å². The molecule has 0 fully saturated rings. The van der Waals surface area contributed by atoms with E-state index in [4.69, 9.17) is 17.3 Å². The van der Waals surface area contributed by atoms with Gasteiger partial charge in [-0.25, -0.2) is 4.98 Å². The maximum absolute atomic E-state index is 6.03. The number of nitrogen functional groups attached to an aromatic ring is 1. The molecule has 19 heavy (non-hydrogen) atoms. The Morgan fingerprint density at radius 3 is 2.53 bits per heavy atom. The number of benzene rings is 2. The first-order chi connectivity index (χ1) is 9.02. The number of H-pyrrole nitrogens is 1. The summed E-state index contributed by atoms with van der Waals surface area (Å²) in [5, 5.41) is 0.614. The lowest BCUT2D eigenvalue weighted by atomic mass is 10.1. The van der Waals surface area contributed by atoms with Crippen molar-refractivity contribution in [2.45, 2.75) is 13.8 Å². The quantitative estimate of drug-likeness (QED) is 0.655. The summed E-state index contributed by atoms with van der Waals surface area (Å²) in [7, 11) is 0. The van der Waals surface area contributed by atoms with Gasteiger partial charge in [0.2, 0.25) is 0 Å². The second-order valence-electron chi connectivity index (χ2n) is 4.81. The smallest absolute Gasteiger partial charge is 0.138 e. The fourth-order valence-corrected chi connectivity index (χ4v) is 2.40. The van der Waals surface area contributed by atoms with Crippen molar-refractivity contribution in [3.8, 4) is 11.4 Å². The van der Waals surface area contributed by atoms with Crippen LogP contribution in [0.5, 0.6) is 0 Å². The van der Waals surface area contributed by atoms with Gasteiger partial charge in [-0.2, -0.15) is 0 Å². The summed E-state index contributed by atoms with van der Waals surface area (Å²) in [6.07, 6.45) is 0. The molecule has 3 aromatic rings. The Morgan fingerprint density at radius 1 is 1.05 bits per heavy atom. The van der Waals surface area contributed by atoms with Crippen LogP contribution in [-0.2, 0) is 0 Å². The van der Waals surface area contributed by atoms with E-state index in [1.807, 2.05) is 12.1 Å². The van der Waals surface area contributed by atoms with Crippen LogP contribution in [-0.4, -0.2) is 9.97 Å². The highest BCUT2D eigenvalue weighted by Gasteiger charge is 2.08. The van der Waals surface area contributed by atoms with Crippen LogP contribution in [0.15, 0.2) is 30.3 Å². The van der Waals surface area contributed by atoms with Crippen molar-refractivity contribution in [2.75, 3.05) is 5.73 Å². The third kappa shape index (κ3) is 2.17. The summed E-state index contributed by atoms with van der Waals surface area (Å²) in [6.45, 7) is 4.17. The molecule has 0 unspecified atom stereocenters. The molecule has 0 saturated carbocycles. The average Bonchev–Trinajstić information content (AvgIpc) is 2.71. The molecule has 3 rings (SSSR count). The number of anilines is 1. The molecule has 96 valence electrons. The van der Waals surface area contributed by atoms with Gasteiger partial charge in [-0.15, -0.1) is 0 Å². The fraction of sp³-hybridized carbons (Fsp3) is 0.133. The molecule has 0 aliphatic rings. The van der Waals surface area contributed by atoms with Gasteiger partial charge in [0.1, 0.15) is 5.82 Å². The maximum atomic E-state index is 6.03. The Balaban J connectivity index is 2.20. The molecule has 1 heterocycles. The Morgan fingerprint density at radius 2 is 1.79 bits per heavy atom. The monoisotopic (exact) mass is 271 g/mol. The van der Waals surface area contributed by atoms with Gasteiger partial charge in [-0.1, -0.05) is 11.6 Å². The number of aromatic amines is 1. The van der Waals surface area contributed by atoms with Gasteiger partial charge < -0.3 is 10.7 Å². The lowest BCUT2D eigenvalue weighted by Gasteiger charge is -2.00. The summed E-state index contributed by atoms with van der Waals surface area (Å²) in [5.74, 6) is 0.786. The highest BCUT2D eigenvalue weighted by molar-refractivity contribution is 6.31. The molecule has 2 aromatic carbocycles. The van der Waals surface area contributed by atoms with E-state index in [9.17, 15) is 0 Å². The van der Waals surface area contributed by atoms with Gasteiger partial charge in [-0.3, -0.25) is 0 Å². The summed E-state index contributed by atoms with van der Waals surface area (Å²) in [6, 6.07) is 9.63. The van der Waals surface area contributed by atoms with Gasteiger partial charge in [0, 0.05) is 16.3 Å². The first-order valence-corrected chi connectivity index (χ1v) is 6.44. The summed E-state index contributed by atoms with van der Waals surface area (Å²) in [4.78, 5) is 7.91. The van der Waals surface area contributed by atoms with E-state index in [0.29, 0.717) is 10.7 Å². The standard InChI is InChI=1S/C15H14ClN3/c1-8-3-13-14(4-9(8)2)19-15(18-13)10-5-11(16)7-12(17)6-10/h3-7H,17H2,1-2H3,(H,18,19). The SMILES string of the molecule is Cc1cc2nc(-c3cc(N)cc(Cl)c3)[nH]c2cc1C. The van der Waals surface area contributed by atoms with Crippen LogP contribution in [0.4, 0.5) is 5.69 Å². The van der Waals surface area contributed by atoms with Crippen molar-refractivity contribution in [1.82, 2.24) is 9.97 Å². The second kappa shape index (κ2) is 4.28. The number of rotatable bonds is 1. The molecule has 0 aliphatic heterocycles. The van der Waals surface area contributed by atoms with Crippen LogP contribution in [0.25, 0.3) is 22.4 Å². The highest BCUT2D eigenvalue weighted by atomic mass is 35.5. The van der Waals surface area contributed by atoms with E-state index in [2.05, 4.69) is 35.9 Å². The zero-order valence-electron chi connectivity index (χ0n) is 10.8. The number of nitrogens with two attached hydrogens (primary N) is 1. The topological polar surface area (TPSA) is 54.7 Å². The van der Waals surface area contributed by atoms with Crippen LogP contribution in [0, 0.1) is 13.8 Å². The van der Waals surface area contributed by atoms with E-state index in [1.54, 1.807) is 6.07 Å². The third-order valence-corrected chi connectivity index (χ3v) is 3.51. The Kier molecular flexibility index (Phi) is 2.72. The average molecular weight is 272 g/mol. The normalized spacial score (nSPS) is 11.1. The molecule has 0 radical (unpaired) electrons. The predicted molar refractivity (Wildman–Crippen MR) is 80.4 cm³/mol. The van der Waals surface area contributed by atoms with E-state index in [1.165, 1.54) is 11.1 Å². The lowest BCUT2D eigenvalue weighted by Crippen LogP contribution is -1.87. The lowest BCUT2D eigenvalue weighted by molar-refractivity contribution is 1.34. The Hall–Kier alpha value is -2.00. The first kappa shape index (κ1) is 12.1. The van der Waals surface area contributed by atoms with Gasteiger partial charge in [0.05, 0.1) is 11.0 Å². The van der Waals surface area contributed by atoms with Crippen molar-refractivity contribution in [3.05, 3.63) is 46.5 Å². The number of hydrogen-bond acceptors (Lipinski definition) is 2. The van der Waals surface area contributed by atoms with Crippen molar-refractivity contribution < 1.29 is 0 Å². The molecule has 0 spiro atoms. The van der Waals surface area contributed by atoms with Crippen LogP contribution in [0.2, 0.25) is 5.02 Å². The number of halogens is 1. The van der Waals surface area contributed by atoms with Crippen molar-refractivity contribution in [3.63, 3.8) is 0 Å². The predicted octanol–water partition coefficient (Wildman–Crippen LogP) is 4.08. The molecule has 0 amide bonds. The molecule has 0 bridgehead atoms. The molecular weight excluding hydrogens is 258 g/mol. The maximum Gasteiger partial charge on any atom is 0.138 e. The van der Waals surface area contributed by atoms with Crippen molar-refractivity contribution in [2.24, 2.45) is 0 Å². The molecule has 0 atom stereocenters. The van der Waals surface area contributed by atoms with Gasteiger partial charge in [0.25, 0.3) is 0 Å². The first-order valence-electron chi connectivity index (χ1n) is 6.06. The summed E-state index contributed by atoms with van der Waals surface area (Å²) in [5.41, 5.74) is 11.8. The molecule has 3 N–H and O–H groups in total. The number of aryl methyl sites for hydroxylation is 2. The number of nitrogens with zero attached hydrogens (tertiary/aromatic N) is 1. The minimum absolute atomic E-state index is 0.614. The minimum atomic E-state index is 0.614. The van der Waals surface area contributed by atoms with E-state index < -0.39 is 0 Å². The van der Waals surface area contributed by atoms with Crippen molar-refractivity contribution >= 4 is 28.3 Å². The molecule has 0 aliphatic carbocycles. The number of nitrogens with one attached hydrogen (secondary N) is 1. The molecule has 1 aromatic heterocycles. The van der Waals surface area contributed by atoms with Gasteiger partial charge >= 0.3 is 0 Å². The molecule has 4 heteroatoms. The number of imidazole rings is 1. The molecular formula is C15H14ClN3. The molecule has 0 saturated heterocycles. The van der Waals surface area contributed by atoms with Gasteiger partial charge in [0.15, 0.2) is 0 Å². The number of fused-ring (bicyclic) bond motifs is 1. The van der Waals surface area contributed by atoms with E-state index in [0.717, 1.165) is 22.4 Å². The van der Waals surface area contributed by atoms with Crippen LogP contribution < -0.4 is 5.73 Å². The minimum Gasteiger partial charge on any atom is -0.399 e. The second-order valence-corrected chi connectivity index (χ2v) is 5.25. The summed E-state index contributed by atoms with van der Waals surface area (Å²) < 4.78 is 0. The third-order valence-electron chi connectivity index (χ3n) is 3.29. The molecule has 3 nitrogen and oxygen atoms in total.